The molecule has 17 heavy (non-hydrogen) atoms. The van der Waals surface area contributed by atoms with E-state index in [1.165, 1.54) is 12.1 Å². The first-order valence-corrected chi connectivity index (χ1v) is 5.92. The summed E-state index contributed by atoms with van der Waals surface area (Å²) in [5, 5.41) is 7.48. The van der Waals surface area contributed by atoms with E-state index in [2.05, 4.69) is 26.1 Å². The summed E-state index contributed by atoms with van der Waals surface area (Å²) in [6.45, 7) is 0. The largest absolute Gasteiger partial charge is 0.324 e. The highest BCUT2D eigenvalue weighted by Crippen LogP contribution is 2.22. The van der Waals surface area contributed by atoms with E-state index < -0.39 is 0 Å². The number of hydrogen-bond acceptors (Lipinski definition) is 3. The van der Waals surface area contributed by atoms with E-state index in [0.29, 0.717) is 6.42 Å². The van der Waals surface area contributed by atoms with Gasteiger partial charge in [-0.1, -0.05) is 22.0 Å². The first-order chi connectivity index (χ1) is 8.16. The summed E-state index contributed by atoms with van der Waals surface area (Å²) in [4.78, 5) is 0. The highest BCUT2D eigenvalue weighted by Gasteiger charge is 2.10. The average molecular weight is 296 g/mol. The molecule has 0 bridgehead atoms. The van der Waals surface area contributed by atoms with Crippen LogP contribution in [-0.2, 0) is 6.42 Å². The maximum absolute atomic E-state index is 12.9. The Morgan fingerprint density at radius 2 is 2.12 bits per heavy atom. The standard InChI is InChI=1S/C12H11BrFN3/c13-11-6-10(14)2-1-8(11)5-12(15)9-3-4-16-17-7-9/h1-4,6-7,12H,5,15H2. The number of hydrogen-bond donors (Lipinski definition) is 1. The Kier molecular flexibility index (Phi) is 3.81. The topological polar surface area (TPSA) is 51.8 Å². The van der Waals surface area contributed by atoms with Gasteiger partial charge in [-0.15, -0.1) is 0 Å². The molecule has 0 spiro atoms. The van der Waals surface area contributed by atoms with E-state index >= 15 is 0 Å². The van der Waals surface area contributed by atoms with E-state index in [0.717, 1.165) is 15.6 Å². The van der Waals surface area contributed by atoms with Crippen LogP contribution in [0.5, 0.6) is 0 Å². The van der Waals surface area contributed by atoms with Gasteiger partial charge in [-0.3, -0.25) is 0 Å². The maximum atomic E-state index is 12.9. The third-order valence-electron chi connectivity index (χ3n) is 2.49. The van der Waals surface area contributed by atoms with Gasteiger partial charge in [-0.25, -0.2) is 4.39 Å². The Morgan fingerprint density at radius 1 is 1.29 bits per heavy atom. The maximum Gasteiger partial charge on any atom is 0.124 e. The van der Waals surface area contributed by atoms with Gasteiger partial charge in [0.05, 0.1) is 6.20 Å². The monoisotopic (exact) mass is 295 g/mol. The van der Waals surface area contributed by atoms with Gasteiger partial charge in [0.25, 0.3) is 0 Å². The van der Waals surface area contributed by atoms with Crippen molar-refractivity contribution in [3.8, 4) is 0 Å². The first kappa shape index (κ1) is 12.1. The van der Waals surface area contributed by atoms with Gasteiger partial charge in [0.15, 0.2) is 0 Å². The minimum absolute atomic E-state index is 0.174. The first-order valence-electron chi connectivity index (χ1n) is 5.13. The Morgan fingerprint density at radius 3 is 2.76 bits per heavy atom. The lowest BCUT2D eigenvalue weighted by molar-refractivity contribution is 0.624. The van der Waals surface area contributed by atoms with Crippen LogP contribution in [0.3, 0.4) is 0 Å². The van der Waals surface area contributed by atoms with Crippen molar-refractivity contribution in [1.82, 2.24) is 10.2 Å². The van der Waals surface area contributed by atoms with Crippen LogP contribution in [0.15, 0.2) is 41.1 Å². The average Bonchev–Trinajstić information content (AvgIpc) is 2.34. The van der Waals surface area contributed by atoms with Crippen molar-refractivity contribution in [1.29, 1.82) is 0 Å². The van der Waals surface area contributed by atoms with Gasteiger partial charge >= 0.3 is 0 Å². The Balaban J connectivity index is 2.16. The molecule has 1 aromatic carbocycles. The SMILES string of the molecule is NC(Cc1ccc(F)cc1Br)c1ccnnc1. The summed E-state index contributed by atoms with van der Waals surface area (Å²) in [5.41, 5.74) is 7.93. The van der Waals surface area contributed by atoms with Crippen molar-refractivity contribution in [2.24, 2.45) is 5.73 Å². The quantitative estimate of drug-likeness (QED) is 0.947. The molecule has 1 heterocycles. The van der Waals surface area contributed by atoms with Gasteiger partial charge in [0.2, 0.25) is 0 Å². The number of aromatic nitrogens is 2. The van der Waals surface area contributed by atoms with Gasteiger partial charge in [0, 0.05) is 16.7 Å². The Bertz CT molecular complexity index is 504. The predicted molar refractivity (Wildman–Crippen MR) is 66.8 cm³/mol. The van der Waals surface area contributed by atoms with Crippen LogP contribution in [-0.4, -0.2) is 10.2 Å². The second-order valence-electron chi connectivity index (χ2n) is 3.72. The van der Waals surface area contributed by atoms with Crippen molar-refractivity contribution in [3.05, 3.63) is 58.1 Å². The summed E-state index contributed by atoms with van der Waals surface area (Å²) < 4.78 is 13.7. The molecule has 0 radical (unpaired) electrons. The van der Waals surface area contributed by atoms with Crippen LogP contribution in [0.25, 0.3) is 0 Å². The molecule has 88 valence electrons. The van der Waals surface area contributed by atoms with Crippen LogP contribution in [0.2, 0.25) is 0 Å². The predicted octanol–water partition coefficient (Wildman–Crippen LogP) is 2.62. The Labute approximate surface area is 107 Å². The number of benzene rings is 1. The van der Waals surface area contributed by atoms with E-state index in [9.17, 15) is 4.39 Å². The normalized spacial score (nSPS) is 12.4. The summed E-state index contributed by atoms with van der Waals surface area (Å²) in [7, 11) is 0. The number of halogens is 2. The molecule has 0 saturated carbocycles. The van der Waals surface area contributed by atoms with Crippen molar-refractivity contribution in [2.45, 2.75) is 12.5 Å². The minimum Gasteiger partial charge on any atom is -0.324 e. The third-order valence-corrected chi connectivity index (χ3v) is 3.23. The highest BCUT2D eigenvalue weighted by molar-refractivity contribution is 9.10. The van der Waals surface area contributed by atoms with Crippen molar-refractivity contribution >= 4 is 15.9 Å². The lowest BCUT2D eigenvalue weighted by Crippen LogP contribution is -2.14. The fourth-order valence-electron chi connectivity index (χ4n) is 1.56. The van der Waals surface area contributed by atoms with Gasteiger partial charge in [-0.2, -0.15) is 10.2 Å². The molecule has 0 aliphatic rings. The molecule has 1 atom stereocenters. The van der Waals surface area contributed by atoms with Gasteiger partial charge < -0.3 is 5.73 Å². The molecule has 2 N–H and O–H groups in total. The second-order valence-corrected chi connectivity index (χ2v) is 4.58. The summed E-state index contributed by atoms with van der Waals surface area (Å²) in [6.07, 6.45) is 3.86. The zero-order valence-corrected chi connectivity index (χ0v) is 10.6. The Hall–Kier alpha value is -1.33. The van der Waals surface area contributed by atoms with E-state index in [1.807, 2.05) is 6.07 Å². The van der Waals surface area contributed by atoms with E-state index in [4.69, 9.17) is 5.73 Å². The van der Waals surface area contributed by atoms with Crippen molar-refractivity contribution in [3.63, 3.8) is 0 Å². The summed E-state index contributed by atoms with van der Waals surface area (Å²) in [5.74, 6) is -0.264. The molecule has 0 amide bonds. The summed E-state index contributed by atoms with van der Waals surface area (Å²) >= 11 is 3.32. The van der Waals surface area contributed by atoms with Crippen LogP contribution < -0.4 is 5.73 Å². The molecule has 1 unspecified atom stereocenters. The number of nitrogens with two attached hydrogens (primary N) is 1. The second kappa shape index (κ2) is 5.33. The fraction of sp³-hybridized carbons (Fsp3) is 0.167. The smallest absolute Gasteiger partial charge is 0.124 e. The fourth-order valence-corrected chi connectivity index (χ4v) is 2.07. The van der Waals surface area contributed by atoms with Crippen molar-refractivity contribution in [2.75, 3.05) is 0 Å². The lowest BCUT2D eigenvalue weighted by Gasteiger charge is -2.12. The number of nitrogens with zero attached hydrogens (tertiary/aromatic N) is 2. The van der Waals surface area contributed by atoms with Gasteiger partial charge in [-0.05, 0) is 35.7 Å². The molecule has 0 fully saturated rings. The molecule has 0 aliphatic carbocycles. The molecular formula is C12H11BrFN3. The van der Waals surface area contributed by atoms with Crippen LogP contribution in [0.4, 0.5) is 4.39 Å². The van der Waals surface area contributed by atoms with Crippen LogP contribution in [0.1, 0.15) is 17.2 Å². The van der Waals surface area contributed by atoms with E-state index in [1.54, 1.807) is 18.5 Å². The molecule has 2 aromatic rings. The minimum atomic E-state index is -0.264. The zero-order chi connectivity index (χ0) is 12.3. The van der Waals surface area contributed by atoms with Crippen LogP contribution in [0, 0.1) is 5.82 Å². The molecule has 0 saturated heterocycles. The van der Waals surface area contributed by atoms with Crippen LogP contribution >= 0.6 is 15.9 Å². The molecule has 0 aliphatic heterocycles. The number of rotatable bonds is 3. The summed E-state index contributed by atoms with van der Waals surface area (Å²) in [6, 6.07) is 6.25. The van der Waals surface area contributed by atoms with Crippen molar-refractivity contribution < 1.29 is 4.39 Å². The molecule has 3 nitrogen and oxygen atoms in total. The molecule has 5 heteroatoms. The lowest BCUT2D eigenvalue weighted by atomic mass is 10.0. The molecule has 2 rings (SSSR count). The zero-order valence-electron chi connectivity index (χ0n) is 8.98. The van der Waals surface area contributed by atoms with E-state index in [-0.39, 0.29) is 11.9 Å². The third kappa shape index (κ3) is 3.08. The molecular weight excluding hydrogens is 285 g/mol. The molecule has 1 aromatic heterocycles. The van der Waals surface area contributed by atoms with Gasteiger partial charge in [0.1, 0.15) is 5.82 Å². The highest BCUT2D eigenvalue weighted by atomic mass is 79.9.